The summed E-state index contributed by atoms with van der Waals surface area (Å²) in [4.78, 5) is 7.04. The van der Waals surface area contributed by atoms with E-state index >= 15 is 0 Å². The first-order valence-corrected chi connectivity index (χ1v) is 7.94. The predicted octanol–water partition coefficient (Wildman–Crippen LogP) is 3.55. The summed E-state index contributed by atoms with van der Waals surface area (Å²) in [5.74, 6) is 0. The molecule has 0 fully saturated rings. The molecule has 0 aromatic carbocycles. The molecular weight excluding hydrogens is 246 g/mol. The van der Waals surface area contributed by atoms with Gasteiger partial charge in [0.15, 0.2) is 0 Å². The van der Waals surface area contributed by atoms with E-state index in [1.807, 2.05) is 13.1 Å². The van der Waals surface area contributed by atoms with Crippen LogP contribution in [0.3, 0.4) is 0 Å². The Bertz CT molecular complexity index is 384. The third kappa shape index (κ3) is 3.58. The summed E-state index contributed by atoms with van der Waals surface area (Å²) in [6, 6.07) is 4.64. The smallest absolute Gasteiger partial charge is 0.0519 e. The van der Waals surface area contributed by atoms with Crippen molar-refractivity contribution in [3.63, 3.8) is 0 Å². The SMILES string of the molecule is CCNC(c1ccc(C)nc1)C(C)(CC)N(CC)CC. The molecule has 20 heavy (non-hydrogen) atoms. The standard InChI is InChI=1S/C17H31N3/c1-7-17(6,20(9-3)10-4)16(18-8-2)15-12-11-14(5)19-13-15/h11-13,16,18H,7-10H2,1-6H3. The van der Waals surface area contributed by atoms with E-state index in [0.29, 0.717) is 6.04 Å². The van der Waals surface area contributed by atoms with Crippen LogP contribution in [0.5, 0.6) is 0 Å². The second-order valence-electron chi connectivity index (χ2n) is 5.61. The van der Waals surface area contributed by atoms with Crippen LogP contribution in [0, 0.1) is 6.92 Å². The molecule has 114 valence electrons. The summed E-state index contributed by atoms with van der Waals surface area (Å²) in [7, 11) is 0. The van der Waals surface area contributed by atoms with Crippen molar-refractivity contribution < 1.29 is 0 Å². The third-order valence-electron chi connectivity index (χ3n) is 4.50. The molecule has 1 heterocycles. The van der Waals surface area contributed by atoms with Crippen LogP contribution in [0.2, 0.25) is 0 Å². The Balaban J connectivity index is 3.18. The quantitative estimate of drug-likeness (QED) is 0.787. The van der Waals surface area contributed by atoms with Crippen molar-refractivity contribution in [2.45, 2.75) is 59.5 Å². The number of hydrogen-bond donors (Lipinski definition) is 1. The van der Waals surface area contributed by atoms with E-state index in [1.165, 1.54) is 5.56 Å². The summed E-state index contributed by atoms with van der Waals surface area (Å²) < 4.78 is 0. The molecule has 0 bridgehead atoms. The first-order valence-electron chi connectivity index (χ1n) is 7.94. The van der Waals surface area contributed by atoms with Gasteiger partial charge in [0, 0.05) is 17.4 Å². The lowest BCUT2D eigenvalue weighted by Gasteiger charge is -2.46. The van der Waals surface area contributed by atoms with Crippen molar-refractivity contribution >= 4 is 0 Å². The molecule has 0 aliphatic heterocycles. The molecule has 3 heteroatoms. The second kappa shape index (κ2) is 7.75. The zero-order valence-corrected chi connectivity index (χ0v) is 14.0. The van der Waals surface area contributed by atoms with Crippen LogP contribution in [-0.2, 0) is 0 Å². The average Bonchev–Trinajstić information content (AvgIpc) is 2.47. The van der Waals surface area contributed by atoms with Gasteiger partial charge in [-0.3, -0.25) is 9.88 Å². The Kier molecular flexibility index (Phi) is 6.63. The lowest BCUT2D eigenvalue weighted by molar-refractivity contribution is 0.0703. The fourth-order valence-electron chi connectivity index (χ4n) is 3.11. The zero-order chi connectivity index (χ0) is 15.2. The largest absolute Gasteiger partial charge is 0.309 e. The first-order chi connectivity index (χ1) is 9.53. The number of rotatable bonds is 8. The molecule has 0 saturated carbocycles. The van der Waals surface area contributed by atoms with E-state index in [1.54, 1.807) is 0 Å². The van der Waals surface area contributed by atoms with Crippen LogP contribution < -0.4 is 5.32 Å². The van der Waals surface area contributed by atoms with Gasteiger partial charge in [0.2, 0.25) is 0 Å². The fraction of sp³-hybridized carbons (Fsp3) is 0.706. The maximum atomic E-state index is 4.48. The van der Waals surface area contributed by atoms with E-state index in [-0.39, 0.29) is 5.54 Å². The Morgan fingerprint density at radius 1 is 1.20 bits per heavy atom. The van der Waals surface area contributed by atoms with Gasteiger partial charge in [0.05, 0.1) is 6.04 Å². The Hall–Kier alpha value is -0.930. The molecule has 0 aliphatic rings. The molecule has 0 spiro atoms. The van der Waals surface area contributed by atoms with Gasteiger partial charge in [-0.1, -0.05) is 33.8 Å². The van der Waals surface area contributed by atoms with Gasteiger partial charge in [-0.2, -0.15) is 0 Å². The molecule has 3 nitrogen and oxygen atoms in total. The van der Waals surface area contributed by atoms with Gasteiger partial charge >= 0.3 is 0 Å². The molecular formula is C17H31N3. The highest BCUT2D eigenvalue weighted by molar-refractivity contribution is 5.21. The Morgan fingerprint density at radius 2 is 1.85 bits per heavy atom. The number of pyridine rings is 1. The molecule has 0 radical (unpaired) electrons. The van der Waals surface area contributed by atoms with Crippen molar-refractivity contribution in [3.8, 4) is 0 Å². The lowest BCUT2D eigenvalue weighted by atomic mass is 9.83. The highest BCUT2D eigenvalue weighted by atomic mass is 15.2. The van der Waals surface area contributed by atoms with Crippen molar-refractivity contribution in [1.29, 1.82) is 0 Å². The molecule has 1 N–H and O–H groups in total. The van der Waals surface area contributed by atoms with Crippen molar-refractivity contribution in [2.75, 3.05) is 19.6 Å². The van der Waals surface area contributed by atoms with Gasteiger partial charge < -0.3 is 5.32 Å². The van der Waals surface area contributed by atoms with E-state index in [9.17, 15) is 0 Å². The molecule has 0 saturated heterocycles. The van der Waals surface area contributed by atoms with Crippen LogP contribution in [-0.4, -0.2) is 35.1 Å². The molecule has 1 aromatic heterocycles. The van der Waals surface area contributed by atoms with Crippen LogP contribution in [0.25, 0.3) is 0 Å². The predicted molar refractivity (Wildman–Crippen MR) is 87.0 cm³/mol. The van der Waals surface area contributed by atoms with E-state index < -0.39 is 0 Å². The number of aryl methyl sites for hydroxylation is 1. The number of nitrogens with one attached hydrogen (secondary N) is 1. The van der Waals surface area contributed by atoms with Crippen LogP contribution in [0.4, 0.5) is 0 Å². The van der Waals surface area contributed by atoms with E-state index in [0.717, 1.165) is 31.7 Å². The number of likely N-dealkylation sites (N-methyl/N-ethyl adjacent to an activating group) is 2. The lowest BCUT2D eigenvalue weighted by Crippen LogP contribution is -2.54. The Labute approximate surface area is 124 Å². The highest BCUT2D eigenvalue weighted by Crippen LogP contribution is 2.34. The molecule has 2 unspecified atom stereocenters. The second-order valence-corrected chi connectivity index (χ2v) is 5.61. The first kappa shape index (κ1) is 17.1. The Morgan fingerprint density at radius 3 is 2.25 bits per heavy atom. The van der Waals surface area contributed by atoms with Gasteiger partial charge in [0.1, 0.15) is 0 Å². The monoisotopic (exact) mass is 277 g/mol. The fourth-order valence-corrected chi connectivity index (χ4v) is 3.11. The maximum Gasteiger partial charge on any atom is 0.0519 e. The van der Waals surface area contributed by atoms with E-state index in [2.05, 4.69) is 62.0 Å². The third-order valence-corrected chi connectivity index (χ3v) is 4.50. The molecule has 0 aliphatic carbocycles. The van der Waals surface area contributed by atoms with Gasteiger partial charge in [0.25, 0.3) is 0 Å². The summed E-state index contributed by atoms with van der Waals surface area (Å²) in [5, 5.41) is 3.68. The number of hydrogen-bond acceptors (Lipinski definition) is 3. The topological polar surface area (TPSA) is 28.2 Å². The normalized spacial score (nSPS) is 16.1. The van der Waals surface area contributed by atoms with Crippen LogP contribution >= 0.6 is 0 Å². The number of aromatic nitrogens is 1. The zero-order valence-electron chi connectivity index (χ0n) is 14.0. The molecule has 2 atom stereocenters. The van der Waals surface area contributed by atoms with Crippen molar-refractivity contribution in [1.82, 2.24) is 15.2 Å². The molecule has 1 aromatic rings. The minimum atomic E-state index is 0.108. The van der Waals surface area contributed by atoms with Crippen molar-refractivity contribution in [3.05, 3.63) is 29.6 Å². The minimum absolute atomic E-state index is 0.108. The molecule has 1 rings (SSSR count). The average molecular weight is 277 g/mol. The maximum absolute atomic E-state index is 4.48. The van der Waals surface area contributed by atoms with Gasteiger partial charge in [-0.25, -0.2) is 0 Å². The highest BCUT2D eigenvalue weighted by Gasteiger charge is 2.37. The van der Waals surface area contributed by atoms with Crippen LogP contribution in [0.15, 0.2) is 18.3 Å². The minimum Gasteiger partial charge on any atom is -0.309 e. The summed E-state index contributed by atoms with van der Waals surface area (Å²) in [6.45, 7) is 16.5. The summed E-state index contributed by atoms with van der Waals surface area (Å²) >= 11 is 0. The summed E-state index contributed by atoms with van der Waals surface area (Å²) in [5.41, 5.74) is 2.47. The van der Waals surface area contributed by atoms with Gasteiger partial charge in [-0.05, 0) is 51.5 Å². The number of nitrogens with zero attached hydrogens (tertiary/aromatic N) is 2. The van der Waals surface area contributed by atoms with E-state index in [4.69, 9.17) is 0 Å². The van der Waals surface area contributed by atoms with Gasteiger partial charge in [-0.15, -0.1) is 0 Å². The summed E-state index contributed by atoms with van der Waals surface area (Å²) in [6.07, 6.45) is 3.14. The van der Waals surface area contributed by atoms with Crippen molar-refractivity contribution in [2.24, 2.45) is 0 Å². The molecule has 0 amide bonds. The van der Waals surface area contributed by atoms with Crippen LogP contribution in [0.1, 0.15) is 58.3 Å².